The molecule has 0 spiro atoms. The fourth-order valence-electron chi connectivity index (χ4n) is 2.56. The molecule has 2 aromatic rings. The fraction of sp³-hybridized carbons (Fsp3) is 0.250. The number of hydrogen-bond donors (Lipinski definition) is 2. The first-order valence-corrected chi connectivity index (χ1v) is 6.75. The number of pyridine rings is 1. The van der Waals surface area contributed by atoms with Gasteiger partial charge in [0.15, 0.2) is 0 Å². The van der Waals surface area contributed by atoms with Gasteiger partial charge >= 0.3 is 0 Å². The third kappa shape index (κ3) is 2.56. The number of aromatic nitrogens is 1. The van der Waals surface area contributed by atoms with E-state index in [4.69, 9.17) is 0 Å². The van der Waals surface area contributed by atoms with Crippen molar-refractivity contribution in [2.45, 2.75) is 19.4 Å². The van der Waals surface area contributed by atoms with Crippen LogP contribution < -0.4 is 10.6 Å². The highest BCUT2D eigenvalue weighted by Gasteiger charge is 2.26. The van der Waals surface area contributed by atoms with E-state index in [1.807, 2.05) is 0 Å². The number of carbonyl (C=O) groups is 1. The lowest BCUT2D eigenvalue weighted by Gasteiger charge is -2.26. The molecule has 1 aliphatic heterocycles. The van der Waals surface area contributed by atoms with Crippen LogP contribution in [0.25, 0.3) is 0 Å². The van der Waals surface area contributed by atoms with Gasteiger partial charge in [-0.3, -0.25) is 9.78 Å². The van der Waals surface area contributed by atoms with Gasteiger partial charge in [-0.05, 0) is 30.2 Å². The molecule has 20 heavy (non-hydrogen) atoms. The Kier molecular flexibility index (Phi) is 3.48. The van der Waals surface area contributed by atoms with E-state index in [1.165, 1.54) is 11.1 Å². The number of benzene rings is 1. The van der Waals surface area contributed by atoms with E-state index in [1.54, 1.807) is 24.5 Å². The van der Waals surface area contributed by atoms with Crippen molar-refractivity contribution in [1.29, 1.82) is 0 Å². The first-order valence-electron chi connectivity index (χ1n) is 6.75. The standard InChI is InChI=1S/C16H17N3O/c1-11-2-3-12-9-18-10-15(14(12)8-11)16(20)19-13-4-6-17-7-5-13/h2-8,15,18H,9-10H2,1H3,(H,17,19,20). The zero-order chi connectivity index (χ0) is 13.9. The molecule has 0 saturated carbocycles. The van der Waals surface area contributed by atoms with Gasteiger partial charge in [-0.2, -0.15) is 0 Å². The van der Waals surface area contributed by atoms with E-state index in [0.29, 0.717) is 6.54 Å². The molecule has 0 bridgehead atoms. The third-order valence-electron chi connectivity index (χ3n) is 3.61. The molecular formula is C16H17N3O. The molecule has 4 nitrogen and oxygen atoms in total. The van der Waals surface area contributed by atoms with Crippen LogP contribution in [0.1, 0.15) is 22.6 Å². The molecule has 0 saturated heterocycles. The number of hydrogen-bond acceptors (Lipinski definition) is 3. The van der Waals surface area contributed by atoms with Gasteiger partial charge in [-0.1, -0.05) is 23.8 Å². The van der Waals surface area contributed by atoms with Gasteiger partial charge in [0.25, 0.3) is 0 Å². The summed E-state index contributed by atoms with van der Waals surface area (Å²) in [5.74, 6) is -0.123. The molecule has 0 aliphatic carbocycles. The topological polar surface area (TPSA) is 54.0 Å². The molecule has 1 unspecified atom stereocenters. The predicted octanol–water partition coefficient (Wildman–Crippen LogP) is 2.22. The predicted molar refractivity (Wildman–Crippen MR) is 78.5 cm³/mol. The monoisotopic (exact) mass is 267 g/mol. The Morgan fingerprint density at radius 1 is 1.30 bits per heavy atom. The lowest BCUT2D eigenvalue weighted by Crippen LogP contribution is -2.35. The van der Waals surface area contributed by atoms with Gasteiger partial charge in [0.05, 0.1) is 5.92 Å². The summed E-state index contributed by atoms with van der Waals surface area (Å²) in [4.78, 5) is 16.4. The maximum absolute atomic E-state index is 12.5. The Labute approximate surface area is 118 Å². The molecule has 2 heterocycles. The summed E-state index contributed by atoms with van der Waals surface area (Å²) in [6, 6.07) is 9.90. The molecule has 102 valence electrons. The van der Waals surface area contributed by atoms with E-state index in [0.717, 1.165) is 17.8 Å². The molecule has 1 atom stereocenters. The highest BCUT2D eigenvalue weighted by Crippen LogP contribution is 2.26. The summed E-state index contributed by atoms with van der Waals surface area (Å²) in [6.07, 6.45) is 3.35. The number of anilines is 1. The summed E-state index contributed by atoms with van der Waals surface area (Å²) in [6.45, 7) is 3.56. The van der Waals surface area contributed by atoms with Crippen molar-refractivity contribution >= 4 is 11.6 Å². The summed E-state index contributed by atoms with van der Waals surface area (Å²) in [5.41, 5.74) is 4.31. The molecule has 0 fully saturated rings. The van der Waals surface area contributed by atoms with Crippen LogP contribution in [0.2, 0.25) is 0 Å². The van der Waals surface area contributed by atoms with E-state index < -0.39 is 0 Å². The number of rotatable bonds is 2. The first kappa shape index (κ1) is 12.8. The van der Waals surface area contributed by atoms with Crippen molar-refractivity contribution in [3.05, 3.63) is 59.4 Å². The van der Waals surface area contributed by atoms with Gasteiger partial charge in [-0.25, -0.2) is 0 Å². The molecule has 1 amide bonds. The molecule has 4 heteroatoms. The highest BCUT2D eigenvalue weighted by atomic mass is 16.1. The van der Waals surface area contributed by atoms with Crippen molar-refractivity contribution in [2.75, 3.05) is 11.9 Å². The Balaban J connectivity index is 1.85. The number of nitrogens with zero attached hydrogens (tertiary/aromatic N) is 1. The van der Waals surface area contributed by atoms with Gasteiger partial charge in [0.2, 0.25) is 5.91 Å². The average Bonchev–Trinajstić information content (AvgIpc) is 2.47. The minimum Gasteiger partial charge on any atom is -0.325 e. The second kappa shape index (κ2) is 5.43. The second-order valence-electron chi connectivity index (χ2n) is 5.11. The van der Waals surface area contributed by atoms with Crippen LogP contribution in [0.5, 0.6) is 0 Å². The Morgan fingerprint density at radius 3 is 2.90 bits per heavy atom. The van der Waals surface area contributed by atoms with Crippen LogP contribution in [-0.2, 0) is 11.3 Å². The molecule has 3 rings (SSSR count). The van der Waals surface area contributed by atoms with E-state index in [-0.39, 0.29) is 11.8 Å². The van der Waals surface area contributed by atoms with Gasteiger partial charge in [-0.15, -0.1) is 0 Å². The van der Waals surface area contributed by atoms with E-state index in [9.17, 15) is 4.79 Å². The summed E-state index contributed by atoms with van der Waals surface area (Å²) in [5, 5.41) is 6.26. The van der Waals surface area contributed by atoms with Crippen molar-refractivity contribution in [3.8, 4) is 0 Å². The first-order chi connectivity index (χ1) is 9.74. The van der Waals surface area contributed by atoms with E-state index in [2.05, 4.69) is 40.7 Å². The van der Waals surface area contributed by atoms with Gasteiger partial charge in [0.1, 0.15) is 0 Å². The quantitative estimate of drug-likeness (QED) is 0.877. The van der Waals surface area contributed by atoms with Crippen LogP contribution in [-0.4, -0.2) is 17.4 Å². The minimum atomic E-state index is -0.146. The molecule has 0 radical (unpaired) electrons. The van der Waals surface area contributed by atoms with E-state index >= 15 is 0 Å². The van der Waals surface area contributed by atoms with Crippen LogP contribution in [0.4, 0.5) is 5.69 Å². The maximum Gasteiger partial charge on any atom is 0.233 e. The summed E-state index contributed by atoms with van der Waals surface area (Å²) >= 11 is 0. The number of aryl methyl sites for hydroxylation is 1. The molecule has 1 aromatic heterocycles. The van der Waals surface area contributed by atoms with Crippen LogP contribution in [0.3, 0.4) is 0 Å². The average molecular weight is 267 g/mol. The molecular weight excluding hydrogens is 250 g/mol. The molecule has 2 N–H and O–H groups in total. The minimum absolute atomic E-state index is 0.0234. The lowest BCUT2D eigenvalue weighted by atomic mass is 9.89. The number of amides is 1. The Bertz CT molecular complexity index is 625. The SMILES string of the molecule is Cc1ccc2c(c1)C(C(=O)Nc1ccncc1)CNC2. The zero-order valence-electron chi connectivity index (χ0n) is 11.4. The Hall–Kier alpha value is -2.20. The second-order valence-corrected chi connectivity index (χ2v) is 5.11. The largest absolute Gasteiger partial charge is 0.325 e. The van der Waals surface area contributed by atoms with Crippen molar-refractivity contribution < 1.29 is 4.79 Å². The molecule has 1 aliphatic rings. The normalized spacial score (nSPS) is 17.4. The smallest absolute Gasteiger partial charge is 0.233 e. The van der Waals surface area contributed by atoms with Gasteiger partial charge < -0.3 is 10.6 Å². The molecule has 1 aromatic carbocycles. The lowest BCUT2D eigenvalue weighted by molar-refractivity contribution is -0.117. The number of nitrogens with one attached hydrogen (secondary N) is 2. The zero-order valence-corrected chi connectivity index (χ0v) is 11.4. The fourth-order valence-corrected chi connectivity index (χ4v) is 2.56. The van der Waals surface area contributed by atoms with Gasteiger partial charge in [0, 0.05) is 31.2 Å². The third-order valence-corrected chi connectivity index (χ3v) is 3.61. The van der Waals surface area contributed by atoms with Crippen molar-refractivity contribution in [2.24, 2.45) is 0 Å². The highest BCUT2D eigenvalue weighted by molar-refractivity contribution is 5.96. The van der Waals surface area contributed by atoms with Crippen LogP contribution in [0, 0.1) is 6.92 Å². The summed E-state index contributed by atoms with van der Waals surface area (Å²) < 4.78 is 0. The summed E-state index contributed by atoms with van der Waals surface area (Å²) in [7, 11) is 0. The van der Waals surface area contributed by atoms with Crippen molar-refractivity contribution in [3.63, 3.8) is 0 Å². The van der Waals surface area contributed by atoms with Crippen LogP contribution >= 0.6 is 0 Å². The van der Waals surface area contributed by atoms with Crippen LogP contribution in [0.15, 0.2) is 42.7 Å². The Morgan fingerprint density at radius 2 is 2.10 bits per heavy atom. The maximum atomic E-state index is 12.5. The van der Waals surface area contributed by atoms with Crippen molar-refractivity contribution in [1.82, 2.24) is 10.3 Å². The number of carbonyl (C=O) groups excluding carboxylic acids is 1. The number of fused-ring (bicyclic) bond motifs is 1.